The van der Waals surface area contributed by atoms with E-state index in [1.165, 1.54) is 0 Å². The van der Waals surface area contributed by atoms with Gasteiger partial charge in [-0.1, -0.05) is 41.9 Å². The molecule has 25 heavy (non-hydrogen) atoms. The molecule has 5 nitrogen and oxygen atoms in total. The van der Waals surface area contributed by atoms with Crippen molar-refractivity contribution in [3.8, 4) is 11.3 Å². The van der Waals surface area contributed by atoms with Crippen molar-refractivity contribution in [1.29, 1.82) is 0 Å². The molecule has 5 heteroatoms. The number of carbonyl (C=O) groups excluding carboxylic acids is 1. The normalized spacial score (nSPS) is 16.9. The molecule has 134 valence electrons. The number of carbonyl (C=O) groups is 1. The van der Waals surface area contributed by atoms with Crippen LogP contribution in [-0.2, 0) is 11.2 Å². The first-order chi connectivity index (χ1) is 12.2. The quantitative estimate of drug-likeness (QED) is 0.749. The highest BCUT2D eigenvalue weighted by atomic mass is 16.5. The highest BCUT2D eigenvalue weighted by Gasteiger charge is 2.24. The van der Waals surface area contributed by atoms with Crippen LogP contribution in [0.4, 0.5) is 0 Å². The molecule has 1 unspecified atom stereocenters. The molecule has 1 aliphatic heterocycles. The maximum atomic E-state index is 12.2. The Kier molecular flexibility index (Phi) is 6.23. The van der Waals surface area contributed by atoms with Gasteiger partial charge < -0.3 is 14.7 Å². The van der Waals surface area contributed by atoms with Crippen LogP contribution >= 0.6 is 0 Å². The van der Waals surface area contributed by atoms with Crippen molar-refractivity contribution in [3.63, 3.8) is 0 Å². The van der Waals surface area contributed by atoms with Gasteiger partial charge in [-0.15, -0.1) is 0 Å². The molecule has 1 aromatic heterocycles. The second-order valence-electron chi connectivity index (χ2n) is 6.76. The number of nitrogens with zero attached hydrogens (tertiary/aromatic N) is 2. The fourth-order valence-corrected chi connectivity index (χ4v) is 3.27. The first-order valence-electron chi connectivity index (χ1n) is 9.23. The lowest BCUT2D eigenvalue weighted by atomic mass is 10.1. The zero-order valence-electron chi connectivity index (χ0n) is 14.9. The van der Waals surface area contributed by atoms with Crippen molar-refractivity contribution in [2.45, 2.75) is 44.6 Å². The van der Waals surface area contributed by atoms with E-state index >= 15 is 0 Å². The predicted octanol–water partition coefficient (Wildman–Crippen LogP) is 3.26. The summed E-state index contributed by atoms with van der Waals surface area (Å²) in [6, 6.07) is 12.1. The van der Waals surface area contributed by atoms with E-state index in [1.807, 2.05) is 48.3 Å². The van der Waals surface area contributed by atoms with Crippen molar-refractivity contribution in [2.75, 3.05) is 20.1 Å². The van der Waals surface area contributed by atoms with E-state index in [9.17, 15) is 4.79 Å². The Morgan fingerprint density at radius 2 is 2.12 bits per heavy atom. The third-order valence-electron chi connectivity index (χ3n) is 4.78. The van der Waals surface area contributed by atoms with Crippen LogP contribution in [0.25, 0.3) is 11.3 Å². The smallest absolute Gasteiger partial charge is 0.239 e. The van der Waals surface area contributed by atoms with E-state index in [2.05, 4.69) is 10.5 Å². The number of hydrogen-bond acceptors (Lipinski definition) is 4. The minimum Gasteiger partial charge on any atom is -0.361 e. The second kappa shape index (κ2) is 8.81. The van der Waals surface area contributed by atoms with Gasteiger partial charge in [0.05, 0.1) is 6.04 Å². The number of aromatic nitrogens is 1. The highest BCUT2D eigenvalue weighted by molar-refractivity contribution is 5.81. The van der Waals surface area contributed by atoms with Gasteiger partial charge in [0.15, 0.2) is 0 Å². The monoisotopic (exact) mass is 341 g/mol. The Morgan fingerprint density at radius 1 is 1.28 bits per heavy atom. The molecular formula is C20H27N3O2. The summed E-state index contributed by atoms with van der Waals surface area (Å²) in [5.41, 5.74) is 1.98. The molecule has 2 aromatic rings. The van der Waals surface area contributed by atoms with Crippen LogP contribution in [0.3, 0.4) is 0 Å². The van der Waals surface area contributed by atoms with Gasteiger partial charge in [0.1, 0.15) is 11.5 Å². The zero-order valence-corrected chi connectivity index (χ0v) is 14.9. The number of benzene rings is 1. The molecule has 1 amide bonds. The molecule has 0 aliphatic carbocycles. The van der Waals surface area contributed by atoms with Gasteiger partial charge in [-0.3, -0.25) is 4.79 Å². The summed E-state index contributed by atoms with van der Waals surface area (Å²) in [5.74, 6) is 1.17. The summed E-state index contributed by atoms with van der Waals surface area (Å²) < 4.78 is 5.43. The molecule has 1 N–H and O–H groups in total. The molecule has 0 saturated carbocycles. The van der Waals surface area contributed by atoms with Crippen molar-refractivity contribution in [3.05, 3.63) is 42.2 Å². The molecule has 0 spiro atoms. The topological polar surface area (TPSA) is 58.4 Å². The van der Waals surface area contributed by atoms with E-state index in [4.69, 9.17) is 4.52 Å². The second-order valence-corrected chi connectivity index (χ2v) is 6.76. The fraction of sp³-hybridized carbons (Fsp3) is 0.500. The van der Waals surface area contributed by atoms with Crippen LogP contribution in [0.2, 0.25) is 0 Å². The third-order valence-corrected chi connectivity index (χ3v) is 4.78. The minimum atomic E-state index is 0.0376. The molecule has 1 fully saturated rings. The number of likely N-dealkylation sites (N-methyl/N-ethyl adjacent to an activating group) is 1. The Labute approximate surface area is 149 Å². The van der Waals surface area contributed by atoms with E-state index in [-0.39, 0.29) is 11.9 Å². The standard InChI is InChI=1S/C20H27N3O2/c1-23(20(24)18-12-8-13-21-18)14-7-3-6-11-17-15-19(22-25-17)16-9-4-2-5-10-16/h2,4-5,9-10,15,18,21H,3,6-8,11-14H2,1H3. The van der Waals surface area contributed by atoms with E-state index in [1.54, 1.807) is 0 Å². The van der Waals surface area contributed by atoms with E-state index in [0.717, 1.165) is 68.6 Å². The molecule has 3 rings (SSSR count). The van der Waals surface area contributed by atoms with Gasteiger partial charge in [0.2, 0.25) is 5.91 Å². The minimum absolute atomic E-state index is 0.0376. The average Bonchev–Trinajstić information content (AvgIpc) is 3.33. The van der Waals surface area contributed by atoms with E-state index in [0.29, 0.717) is 0 Å². The van der Waals surface area contributed by atoms with Gasteiger partial charge >= 0.3 is 0 Å². The zero-order chi connectivity index (χ0) is 17.5. The molecule has 1 atom stereocenters. The Hall–Kier alpha value is -2.14. The number of unbranched alkanes of at least 4 members (excludes halogenated alkanes) is 2. The maximum absolute atomic E-state index is 12.2. The van der Waals surface area contributed by atoms with E-state index < -0.39 is 0 Å². The first-order valence-corrected chi connectivity index (χ1v) is 9.23. The number of hydrogen-bond donors (Lipinski definition) is 1. The van der Waals surface area contributed by atoms with Gasteiger partial charge in [-0.2, -0.15) is 0 Å². The fourth-order valence-electron chi connectivity index (χ4n) is 3.27. The van der Waals surface area contributed by atoms with Crippen LogP contribution in [0.1, 0.15) is 37.9 Å². The molecule has 0 bridgehead atoms. The maximum Gasteiger partial charge on any atom is 0.239 e. The largest absolute Gasteiger partial charge is 0.361 e. The van der Waals surface area contributed by atoms with Crippen LogP contribution < -0.4 is 5.32 Å². The average molecular weight is 341 g/mol. The summed E-state index contributed by atoms with van der Waals surface area (Å²) >= 11 is 0. The van der Waals surface area contributed by atoms with Crippen LogP contribution in [-0.4, -0.2) is 42.1 Å². The van der Waals surface area contributed by atoms with Gasteiger partial charge in [-0.05, 0) is 32.2 Å². The van der Waals surface area contributed by atoms with Crippen molar-refractivity contribution in [2.24, 2.45) is 0 Å². The van der Waals surface area contributed by atoms with Gasteiger partial charge in [-0.25, -0.2) is 0 Å². The van der Waals surface area contributed by atoms with Crippen LogP contribution in [0, 0.1) is 0 Å². The molecule has 2 heterocycles. The van der Waals surface area contributed by atoms with Crippen LogP contribution in [0.15, 0.2) is 40.9 Å². The van der Waals surface area contributed by atoms with Crippen molar-refractivity contribution >= 4 is 5.91 Å². The molecule has 1 aromatic carbocycles. The summed E-state index contributed by atoms with van der Waals surface area (Å²) in [7, 11) is 1.91. The molecule has 0 radical (unpaired) electrons. The third kappa shape index (κ3) is 4.92. The number of amides is 1. The molecule has 1 aliphatic rings. The summed E-state index contributed by atoms with van der Waals surface area (Å²) in [6.45, 7) is 1.79. The van der Waals surface area contributed by atoms with Crippen LogP contribution in [0.5, 0.6) is 0 Å². The van der Waals surface area contributed by atoms with Crippen molar-refractivity contribution in [1.82, 2.24) is 15.4 Å². The van der Waals surface area contributed by atoms with Crippen molar-refractivity contribution < 1.29 is 9.32 Å². The lowest BCUT2D eigenvalue weighted by Gasteiger charge is -2.21. The highest BCUT2D eigenvalue weighted by Crippen LogP contribution is 2.19. The summed E-state index contributed by atoms with van der Waals surface area (Å²) in [4.78, 5) is 14.1. The lowest BCUT2D eigenvalue weighted by Crippen LogP contribution is -2.41. The summed E-state index contributed by atoms with van der Waals surface area (Å²) in [6.07, 6.45) is 6.12. The summed E-state index contributed by atoms with van der Waals surface area (Å²) in [5, 5.41) is 7.41. The molecular weight excluding hydrogens is 314 g/mol. The predicted molar refractivity (Wildman–Crippen MR) is 98.2 cm³/mol. The number of rotatable bonds is 8. The van der Waals surface area contributed by atoms with Gasteiger partial charge in [0, 0.05) is 31.6 Å². The Balaban J connectivity index is 1.35. The first kappa shape index (κ1) is 17.7. The lowest BCUT2D eigenvalue weighted by molar-refractivity contribution is -0.131. The van der Waals surface area contributed by atoms with Gasteiger partial charge in [0.25, 0.3) is 0 Å². The molecule has 1 saturated heterocycles. The Bertz CT molecular complexity index is 663. The Morgan fingerprint density at radius 3 is 2.88 bits per heavy atom. The number of aryl methyl sites for hydroxylation is 1. The SMILES string of the molecule is CN(CCCCCc1cc(-c2ccccc2)no1)C(=O)C1CCCN1. The number of nitrogens with one attached hydrogen (secondary N) is 1.